The third-order valence-corrected chi connectivity index (χ3v) is 14.2. The summed E-state index contributed by atoms with van der Waals surface area (Å²) in [6.45, 7) is 4.51. The third-order valence-electron chi connectivity index (χ3n) is 14.2. The van der Waals surface area contributed by atoms with Gasteiger partial charge in [0.1, 0.15) is 13.2 Å². The molecule has 83 heavy (non-hydrogen) atoms. The van der Waals surface area contributed by atoms with Crippen LogP contribution in [0.4, 0.5) is 0 Å². The van der Waals surface area contributed by atoms with E-state index in [9.17, 15) is 19.5 Å². The van der Waals surface area contributed by atoms with Gasteiger partial charge in [0.05, 0.1) is 40.3 Å². The van der Waals surface area contributed by atoms with Crippen molar-refractivity contribution in [2.45, 2.75) is 283 Å². The molecular weight excluding hydrogens is 1030 g/mol. The van der Waals surface area contributed by atoms with Gasteiger partial charge in [-0.2, -0.15) is 0 Å². The summed E-state index contributed by atoms with van der Waals surface area (Å²) in [5.41, 5.74) is 0. The molecule has 9 nitrogen and oxygen atoms in total. The van der Waals surface area contributed by atoms with E-state index in [0.29, 0.717) is 23.9 Å². The molecule has 474 valence electrons. The minimum absolute atomic E-state index is 0.140. The number of aliphatic carboxylic acids is 1. The van der Waals surface area contributed by atoms with Crippen molar-refractivity contribution in [3.63, 3.8) is 0 Å². The summed E-state index contributed by atoms with van der Waals surface area (Å²) < 4.78 is 22.7. The molecule has 0 bridgehead atoms. The van der Waals surface area contributed by atoms with Crippen molar-refractivity contribution in [2.24, 2.45) is 0 Å². The van der Waals surface area contributed by atoms with E-state index in [2.05, 4.69) is 135 Å². The molecule has 0 aliphatic heterocycles. The fourth-order valence-electron chi connectivity index (χ4n) is 9.12. The van der Waals surface area contributed by atoms with Crippen LogP contribution in [0, 0.1) is 0 Å². The first-order chi connectivity index (χ1) is 40.6. The summed E-state index contributed by atoms with van der Waals surface area (Å²) in [7, 11) is 5.92. The maximum absolute atomic E-state index is 12.9. The molecule has 0 aromatic rings. The number of hydrogen-bond donors (Lipinski definition) is 0. The highest BCUT2D eigenvalue weighted by molar-refractivity contribution is 5.70. The topological polar surface area (TPSA) is 111 Å². The SMILES string of the molecule is CC/C=C\C/C=C\C/C=C\C/C=C\C/C=C\CCCCCCCCCCCCCCCCCCCCCCCC(=O)OC(COC(=O)CCCCCCC/C=C\C/C=C\C/C=C\C/C=C\C/C=C\CC)COC(OCC[N+](C)(C)C)C(=O)[O-]. The fourth-order valence-corrected chi connectivity index (χ4v) is 9.12. The molecule has 2 atom stereocenters. The van der Waals surface area contributed by atoms with Crippen LogP contribution >= 0.6 is 0 Å². The van der Waals surface area contributed by atoms with Gasteiger partial charge in [-0.1, -0.05) is 277 Å². The van der Waals surface area contributed by atoms with E-state index in [1.807, 2.05) is 21.1 Å². The second kappa shape index (κ2) is 63.7. The van der Waals surface area contributed by atoms with E-state index in [1.54, 1.807) is 0 Å². The minimum atomic E-state index is -1.63. The average molecular weight is 1160 g/mol. The quantitative estimate of drug-likeness (QED) is 0.0195. The monoisotopic (exact) mass is 1160 g/mol. The summed E-state index contributed by atoms with van der Waals surface area (Å²) in [6.07, 6.45) is 87.1. The van der Waals surface area contributed by atoms with Crippen LogP contribution in [-0.2, 0) is 33.3 Å². The number of carboxylic acids is 1. The number of esters is 2. The molecule has 0 radical (unpaired) electrons. The van der Waals surface area contributed by atoms with Crippen LogP contribution < -0.4 is 5.11 Å². The van der Waals surface area contributed by atoms with E-state index in [-0.39, 0.29) is 38.6 Å². The Morgan fingerprint density at radius 3 is 0.964 bits per heavy atom. The Labute approximate surface area is 510 Å². The third kappa shape index (κ3) is 65.1. The van der Waals surface area contributed by atoms with E-state index >= 15 is 0 Å². The lowest BCUT2D eigenvalue weighted by Crippen LogP contribution is -2.44. The van der Waals surface area contributed by atoms with Crippen molar-refractivity contribution >= 4 is 17.9 Å². The number of ether oxygens (including phenoxy) is 4. The first-order valence-corrected chi connectivity index (χ1v) is 33.7. The Morgan fingerprint density at radius 2 is 0.651 bits per heavy atom. The number of nitrogens with zero attached hydrogens (tertiary/aromatic N) is 1. The van der Waals surface area contributed by atoms with Gasteiger partial charge in [-0.3, -0.25) is 9.59 Å². The summed E-state index contributed by atoms with van der Waals surface area (Å²) in [6, 6.07) is 0. The Kier molecular flexibility index (Phi) is 60.4. The number of carboxylic acid groups (broad SMARTS) is 1. The maximum atomic E-state index is 12.9. The van der Waals surface area contributed by atoms with Crippen molar-refractivity contribution in [1.82, 2.24) is 0 Å². The van der Waals surface area contributed by atoms with Gasteiger partial charge >= 0.3 is 11.9 Å². The number of unbranched alkanes of at least 4 members (excludes halogenated alkanes) is 26. The van der Waals surface area contributed by atoms with Gasteiger partial charge in [0.2, 0.25) is 0 Å². The molecule has 0 aromatic carbocycles. The van der Waals surface area contributed by atoms with Gasteiger partial charge in [-0.15, -0.1) is 0 Å². The molecule has 0 aliphatic carbocycles. The molecular formula is C74H125NO8. The molecule has 0 N–H and O–H groups in total. The summed E-state index contributed by atoms with van der Waals surface area (Å²) in [5, 5.41) is 11.8. The second-order valence-corrected chi connectivity index (χ2v) is 23.3. The molecule has 0 saturated heterocycles. The largest absolute Gasteiger partial charge is 0.545 e. The van der Waals surface area contributed by atoms with Crippen molar-refractivity contribution in [3.8, 4) is 0 Å². The molecule has 0 aliphatic rings. The lowest BCUT2D eigenvalue weighted by Gasteiger charge is -2.26. The Balaban J connectivity index is 4.09. The van der Waals surface area contributed by atoms with Crippen molar-refractivity contribution in [1.29, 1.82) is 0 Å². The normalized spacial score (nSPS) is 13.5. The molecule has 0 spiro atoms. The summed E-state index contributed by atoms with van der Waals surface area (Å²) >= 11 is 0. The number of rotatable bonds is 61. The molecule has 0 amide bonds. The number of carbonyl (C=O) groups is 3. The zero-order valence-corrected chi connectivity index (χ0v) is 54.0. The molecule has 0 aromatic heterocycles. The van der Waals surface area contributed by atoms with Crippen LogP contribution in [0.2, 0.25) is 0 Å². The van der Waals surface area contributed by atoms with E-state index < -0.39 is 24.3 Å². The van der Waals surface area contributed by atoms with Gasteiger partial charge in [0, 0.05) is 12.8 Å². The standard InChI is InChI=1S/C74H125NO8/c1-6-8-10-12-14-16-18-20-22-24-26-28-29-30-31-32-33-34-35-36-37-38-39-40-41-42-43-45-47-49-51-53-55-57-59-61-63-65-72(77)83-70(69-82-74(73(78)79)80-67-66-75(3,4)5)68-81-71(76)64-62-60-58-56-54-52-50-48-46-44-27-25-23-21-19-17-15-13-11-9-7-2/h8-11,14-17,20-23,26-28,30-31,44,48,50,70,74H,6-7,12-13,18-19,24-25,29,32-43,45-47,49,51-69H2,1-5H3/b10-8-,11-9-,16-14-,17-15-,22-20-,23-21-,28-26-,31-30-,44-27-,50-48-. The zero-order chi connectivity index (χ0) is 60.5. The van der Waals surface area contributed by atoms with E-state index in [0.717, 1.165) is 116 Å². The predicted octanol–water partition coefficient (Wildman–Crippen LogP) is 19.5. The van der Waals surface area contributed by atoms with Gasteiger partial charge in [-0.05, 0) is 103 Å². The Hall–Kier alpha value is -4.31. The van der Waals surface area contributed by atoms with Crippen LogP contribution in [-0.4, -0.2) is 82.3 Å². The lowest BCUT2D eigenvalue weighted by molar-refractivity contribution is -0.870. The van der Waals surface area contributed by atoms with Crippen molar-refractivity contribution in [3.05, 3.63) is 122 Å². The molecule has 0 rings (SSSR count). The average Bonchev–Trinajstić information content (AvgIpc) is 3.46. The smallest absolute Gasteiger partial charge is 0.306 e. The molecule has 0 heterocycles. The number of quaternary nitrogens is 1. The summed E-state index contributed by atoms with van der Waals surface area (Å²) in [4.78, 5) is 37.4. The van der Waals surface area contributed by atoms with Gasteiger partial charge < -0.3 is 33.3 Å². The predicted molar refractivity (Wildman–Crippen MR) is 352 cm³/mol. The first-order valence-electron chi connectivity index (χ1n) is 33.7. The number of likely N-dealkylation sites (N-methyl/N-ethyl adjacent to an activating group) is 1. The lowest BCUT2D eigenvalue weighted by atomic mass is 10.0. The second-order valence-electron chi connectivity index (χ2n) is 23.3. The number of hydrogen-bond acceptors (Lipinski definition) is 8. The fraction of sp³-hybridized carbons (Fsp3) is 0.689. The highest BCUT2D eigenvalue weighted by Gasteiger charge is 2.22. The van der Waals surface area contributed by atoms with Crippen LogP contribution in [0.15, 0.2) is 122 Å². The van der Waals surface area contributed by atoms with E-state index in [1.165, 1.54) is 116 Å². The van der Waals surface area contributed by atoms with E-state index in [4.69, 9.17) is 18.9 Å². The van der Waals surface area contributed by atoms with Crippen LogP contribution in [0.5, 0.6) is 0 Å². The summed E-state index contributed by atoms with van der Waals surface area (Å²) in [5.74, 6) is -2.31. The van der Waals surface area contributed by atoms with Gasteiger partial charge in [-0.25, -0.2) is 0 Å². The molecule has 2 unspecified atom stereocenters. The Morgan fingerprint density at radius 1 is 0.361 bits per heavy atom. The molecule has 0 fully saturated rings. The first kappa shape index (κ1) is 78.7. The minimum Gasteiger partial charge on any atom is -0.545 e. The van der Waals surface area contributed by atoms with Gasteiger partial charge in [0.25, 0.3) is 0 Å². The Bertz CT molecular complexity index is 1780. The number of allylic oxidation sites excluding steroid dienone is 20. The maximum Gasteiger partial charge on any atom is 0.306 e. The zero-order valence-electron chi connectivity index (χ0n) is 54.0. The van der Waals surface area contributed by atoms with Crippen LogP contribution in [0.1, 0.15) is 271 Å². The molecule has 0 saturated carbocycles. The van der Waals surface area contributed by atoms with Crippen LogP contribution in [0.25, 0.3) is 0 Å². The highest BCUT2D eigenvalue weighted by Crippen LogP contribution is 2.17. The van der Waals surface area contributed by atoms with Crippen molar-refractivity contribution in [2.75, 3.05) is 47.5 Å². The number of carbonyl (C=O) groups excluding carboxylic acids is 3. The van der Waals surface area contributed by atoms with Crippen molar-refractivity contribution < 1.29 is 42.9 Å². The molecule has 9 heteroatoms. The van der Waals surface area contributed by atoms with Crippen LogP contribution in [0.3, 0.4) is 0 Å². The highest BCUT2D eigenvalue weighted by atomic mass is 16.7. The van der Waals surface area contributed by atoms with Gasteiger partial charge in [0.15, 0.2) is 12.4 Å².